The summed E-state index contributed by atoms with van der Waals surface area (Å²) >= 11 is 0. The van der Waals surface area contributed by atoms with Gasteiger partial charge in [0.2, 0.25) is 0 Å². The van der Waals surface area contributed by atoms with E-state index in [2.05, 4.69) is 10.3 Å². The number of fused-ring (bicyclic) bond motifs is 1. The molecule has 3 rings (SSSR count). The number of nitrogens with one attached hydrogen (secondary N) is 1. The lowest BCUT2D eigenvalue weighted by Crippen LogP contribution is -2.20. The number of carboxylic acids is 1. The molecule has 1 unspecified atom stereocenters. The average molecular weight is 260 g/mol. The van der Waals surface area contributed by atoms with Gasteiger partial charge in [-0.1, -0.05) is 18.2 Å². The predicted octanol–water partition coefficient (Wildman–Crippen LogP) is 2.31. The van der Waals surface area contributed by atoms with Crippen molar-refractivity contribution in [2.24, 2.45) is 0 Å². The average Bonchev–Trinajstić information content (AvgIpc) is 2.88. The van der Waals surface area contributed by atoms with Crippen LogP contribution < -0.4 is 10.1 Å². The number of anilines is 1. The number of aromatic carboxylic acids is 1. The van der Waals surface area contributed by atoms with Crippen LogP contribution in [0.1, 0.15) is 28.5 Å². The van der Waals surface area contributed by atoms with Crippen molar-refractivity contribution in [2.75, 3.05) is 11.9 Å². The van der Waals surface area contributed by atoms with Crippen molar-refractivity contribution in [2.45, 2.75) is 12.5 Å². The molecule has 0 fully saturated rings. The van der Waals surface area contributed by atoms with Gasteiger partial charge in [0.1, 0.15) is 12.0 Å². The highest BCUT2D eigenvalue weighted by Crippen LogP contribution is 2.33. The van der Waals surface area contributed by atoms with Crippen LogP contribution in [0.5, 0.6) is 5.75 Å². The lowest BCUT2D eigenvalue weighted by Gasteiger charge is -2.25. The molecule has 0 saturated carbocycles. The van der Waals surface area contributed by atoms with Crippen molar-refractivity contribution >= 4 is 12.0 Å². The molecule has 1 aliphatic rings. The minimum atomic E-state index is -1.11. The van der Waals surface area contributed by atoms with E-state index in [1.807, 2.05) is 24.3 Å². The molecule has 1 atom stereocenters. The first-order valence-corrected chi connectivity index (χ1v) is 5.91. The molecule has 2 aromatic rings. The molecule has 98 valence electrons. The number of benzene rings is 1. The third-order valence-electron chi connectivity index (χ3n) is 2.98. The first kappa shape index (κ1) is 11.6. The number of oxazole rings is 1. The Bertz CT molecular complexity index is 608. The first-order valence-electron chi connectivity index (χ1n) is 5.91. The molecule has 0 bridgehead atoms. The molecule has 0 saturated heterocycles. The number of nitrogens with zero attached hydrogens (tertiary/aromatic N) is 1. The highest BCUT2D eigenvalue weighted by molar-refractivity contribution is 5.85. The molecule has 19 heavy (non-hydrogen) atoms. The minimum Gasteiger partial charge on any atom is -0.493 e. The summed E-state index contributed by atoms with van der Waals surface area (Å²) in [5, 5.41) is 11.9. The van der Waals surface area contributed by atoms with Crippen molar-refractivity contribution in [1.82, 2.24) is 4.98 Å². The lowest BCUT2D eigenvalue weighted by molar-refractivity contribution is 0.0690. The van der Waals surface area contributed by atoms with Crippen LogP contribution >= 0.6 is 0 Å². The number of hydrogen-bond donors (Lipinski definition) is 2. The standard InChI is InChI=1S/C13H12N2O4/c16-12(17)10-7-19-13(15-10)14-9-5-6-18-11-4-2-1-3-8(9)11/h1-4,7,9H,5-6H2,(H,14,15)(H,16,17). The van der Waals surface area contributed by atoms with Crippen molar-refractivity contribution < 1.29 is 19.1 Å². The second kappa shape index (κ2) is 4.64. The van der Waals surface area contributed by atoms with Crippen molar-refractivity contribution in [3.05, 3.63) is 41.8 Å². The number of carboxylic acid groups (broad SMARTS) is 1. The molecule has 2 N–H and O–H groups in total. The van der Waals surface area contributed by atoms with Crippen LogP contribution in [0.2, 0.25) is 0 Å². The lowest BCUT2D eigenvalue weighted by atomic mass is 10.0. The molecular formula is C13H12N2O4. The topological polar surface area (TPSA) is 84.6 Å². The van der Waals surface area contributed by atoms with E-state index >= 15 is 0 Å². The zero-order valence-corrected chi connectivity index (χ0v) is 10.00. The van der Waals surface area contributed by atoms with Crippen molar-refractivity contribution in [3.8, 4) is 5.75 Å². The van der Waals surface area contributed by atoms with Gasteiger partial charge in [-0.15, -0.1) is 0 Å². The van der Waals surface area contributed by atoms with E-state index in [-0.39, 0.29) is 17.8 Å². The van der Waals surface area contributed by atoms with Crippen LogP contribution in [0.3, 0.4) is 0 Å². The molecule has 1 aromatic heterocycles. The van der Waals surface area contributed by atoms with E-state index in [1.54, 1.807) is 0 Å². The molecule has 1 aromatic carbocycles. The van der Waals surface area contributed by atoms with Gasteiger partial charge in [0.15, 0.2) is 5.69 Å². The minimum absolute atomic E-state index is 0.00486. The SMILES string of the molecule is O=C(O)c1coc(NC2CCOc3ccccc32)n1. The third kappa shape index (κ3) is 2.24. The summed E-state index contributed by atoms with van der Waals surface area (Å²) in [6.45, 7) is 0.598. The van der Waals surface area contributed by atoms with Crippen LogP contribution in [-0.4, -0.2) is 22.7 Å². The maximum Gasteiger partial charge on any atom is 0.357 e. The number of hydrogen-bond acceptors (Lipinski definition) is 5. The third-order valence-corrected chi connectivity index (χ3v) is 2.98. The molecular weight excluding hydrogens is 248 g/mol. The number of ether oxygens (including phenoxy) is 1. The van der Waals surface area contributed by atoms with Crippen LogP contribution in [0.15, 0.2) is 34.9 Å². The highest BCUT2D eigenvalue weighted by Gasteiger charge is 2.22. The summed E-state index contributed by atoms with van der Waals surface area (Å²) in [7, 11) is 0. The molecule has 0 radical (unpaired) electrons. The Labute approximate surface area is 109 Å². The van der Waals surface area contributed by atoms with Gasteiger partial charge >= 0.3 is 5.97 Å². The quantitative estimate of drug-likeness (QED) is 0.880. The second-order valence-electron chi connectivity index (χ2n) is 4.21. The van der Waals surface area contributed by atoms with Crippen LogP contribution in [0.25, 0.3) is 0 Å². The predicted molar refractivity (Wildman–Crippen MR) is 66.4 cm³/mol. The van der Waals surface area contributed by atoms with E-state index in [4.69, 9.17) is 14.3 Å². The largest absolute Gasteiger partial charge is 0.493 e. The van der Waals surface area contributed by atoms with Crippen LogP contribution in [0, 0.1) is 0 Å². The fourth-order valence-electron chi connectivity index (χ4n) is 2.08. The van der Waals surface area contributed by atoms with E-state index < -0.39 is 5.97 Å². The monoisotopic (exact) mass is 260 g/mol. The van der Waals surface area contributed by atoms with Gasteiger partial charge in [0, 0.05) is 12.0 Å². The fourth-order valence-corrected chi connectivity index (χ4v) is 2.08. The molecule has 0 spiro atoms. The molecule has 1 aliphatic heterocycles. The number of para-hydroxylation sites is 1. The Balaban J connectivity index is 1.82. The zero-order valence-electron chi connectivity index (χ0n) is 10.00. The Kier molecular flexibility index (Phi) is 2.83. The number of carbonyl (C=O) groups is 1. The van der Waals surface area contributed by atoms with Gasteiger partial charge in [-0.05, 0) is 6.07 Å². The summed E-state index contributed by atoms with van der Waals surface area (Å²) in [6.07, 6.45) is 1.89. The van der Waals surface area contributed by atoms with Crippen LogP contribution in [-0.2, 0) is 0 Å². The summed E-state index contributed by atoms with van der Waals surface area (Å²) in [5.41, 5.74) is 0.909. The van der Waals surface area contributed by atoms with Gasteiger partial charge in [-0.25, -0.2) is 4.79 Å². The van der Waals surface area contributed by atoms with Gasteiger partial charge < -0.3 is 19.6 Å². The summed E-state index contributed by atoms with van der Waals surface area (Å²) in [4.78, 5) is 14.6. The van der Waals surface area contributed by atoms with Gasteiger partial charge in [0.25, 0.3) is 6.01 Å². The molecule has 6 nitrogen and oxygen atoms in total. The molecule has 6 heteroatoms. The molecule has 0 amide bonds. The summed E-state index contributed by atoms with van der Waals surface area (Å²) < 4.78 is 10.6. The van der Waals surface area contributed by atoms with Gasteiger partial charge in [-0.3, -0.25) is 0 Å². The Morgan fingerprint density at radius 2 is 2.26 bits per heavy atom. The van der Waals surface area contributed by atoms with Gasteiger partial charge in [-0.2, -0.15) is 4.98 Å². The second-order valence-corrected chi connectivity index (χ2v) is 4.21. The Hall–Kier alpha value is -2.50. The smallest absolute Gasteiger partial charge is 0.357 e. The maximum atomic E-state index is 10.7. The summed E-state index contributed by atoms with van der Waals surface area (Å²) in [6, 6.07) is 7.92. The molecule has 2 heterocycles. The maximum absolute atomic E-state index is 10.7. The normalized spacial score (nSPS) is 17.4. The van der Waals surface area contributed by atoms with Crippen molar-refractivity contribution in [1.29, 1.82) is 0 Å². The Morgan fingerprint density at radius 3 is 3.05 bits per heavy atom. The fraction of sp³-hybridized carbons (Fsp3) is 0.231. The van der Waals surface area contributed by atoms with Crippen molar-refractivity contribution in [3.63, 3.8) is 0 Å². The number of aromatic nitrogens is 1. The zero-order chi connectivity index (χ0) is 13.2. The molecule has 0 aliphatic carbocycles. The summed E-state index contributed by atoms with van der Waals surface area (Å²) in [5.74, 6) is -0.277. The highest BCUT2D eigenvalue weighted by atomic mass is 16.5. The van der Waals surface area contributed by atoms with E-state index in [1.165, 1.54) is 0 Å². The van der Waals surface area contributed by atoms with E-state index in [9.17, 15) is 4.79 Å². The van der Waals surface area contributed by atoms with E-state index in [0.717, 1.165) is 24.0 Å². The van der Waals surface area contributed by atoms with Gasteiger partial charge in [0.05, 0.1) is 12.6 Å². The van der Waals surface area contributed by atoms with E-state index in [0.29, 0.717) is 6.61 Å². The first-order chi connectivity index (χ1) is 9.24. The number of rotatable bonds is 3. The van der Waals surface area contributed by atoms with Crippen LogP contribution in [0.4, 0.5) is 6.01 Å². The Morgan fingerprint density at radius 1 is 1.42 bits per heavy atom.